The molecule has 1 heterocycles. The lowest BCUT2D eigenvalue weighted by Gasteiger charge is -2.25. The topological polar surface area (TPSA) is 29.5 Å². The van der Waals surface area contributed by atoms with Crippen LogP contribution in [0.3, 0.4) is 0 Å². The number of nitrogens with zero attached hydrogens (tertiary/aromatic N) is 1. The number of ether oxygens (including phenoxy) is 1. The van der Waals surface area contributed by atoms with Crippen molar-refractivity contribution in [3.05, 3.63) is 11.6 Å². The van der Waals surface area contributed by atoms with Crippen LogP contribution >= 0.6 is 0 Å². The van der Waals surface area contributed by atoms with Gasteiger partial charge in [-0.3, -0.25) is 9.69 Å². The first-order chi connectivity index (χ1) is 6.86. The third-order valence-electron chi connectivity index (χ3n) is 2.87. The van der Waals surface area contributed by atoms with Crippen molar-refractivity contribution < 1.29 is 9.53 Å². The average molecular weight is 195 g/mol. The van der Waals surface area contributed by atoms with Gasteiger partial charge in [0.1, 0.15) is 0 Å². The Labute approximate surface area is 84.7 Å². The van der Waals surface area contributed by atoms with Crippen LogP contribution in [-0.4, -0.2) is 43.5 Å². The Morgan fingerprint density at radius 2 is 2.21 bits per heavy atom. The molecular weight excluding hydrogens is 178 g/mol. The number of morpholine rings is 1. The molecular formula is C11H17NO2. The molecule has 1 saturated heterocycles. The number of allylic oxidation sites excluding steroid dienone is 1. The highest BCUT2D eigenvalue weighted by Gasteiger charge is 2.18. The van der Waals surface area contributed by atoms with Crippen LogP contribution in [0.4, 0.5) is 0 Å². The third kappa shape index (κ3) is 2.42. The molecule has 0 amide bonds. The molecule has 3 heteroatoms. The monoisotopic (exact) mass is 195 g/mol. The molecule has 1 aliphatic heterocycles. The number of hydrogen-bond acceptors (Lipinski definition) is 3. The molecule has 0 atom stereocenters. The minimum atomic E-state index is 0.324. The quantitative estimate of drug-likeness (QED) is 0.673. The standard InChI is InChI=1S/C11H17NO2/c13-11(10-3-1-2-4-10)9-12-5-7-14-8-6-12/h3H,1-2,4-9H2. The summed E-state index contributed by atoms with van der Waals surface area (Å²) in [6.45, 7) is 3.94. The van der Waals surface area contributed by atoms with Gasteiger partial charge < -0.3 is 4.74 Å². The van der Waals surface area contributed by atoms with E-state index in [2.05, 4.69) is 11.0 Å². The van der Waals surface area contributed by atoms with Crippen molar-refractivity contribution in [3.8, 4) is 0 Å². The summed E-state index contributed by atoms with van der Waals surface area (Å²) in [6, 6.07) is 0. The molecule has 0 aromatic heterocycles. The van der Waals surface area contributed by atoms with E-state index in [-0.39, 0.29) is 0 Å². The summed E-state index contributed by atoms with van der Waals surface area (Å²) in [6.07, 6.45) is 5.33. The highest BCUT2D eigenvalue weighted by molar-refractivity contribution is 5.97. The van der Waals surface area contributed by atoms with Crippen LogP contribution in [0.5, 0.6) is 0 Å². The highest BCUT2D eigenvalue weighted by atomic mass is 16.5. The second kappa shape index (κ2) is 4.71. The van der Waals surface area contributed by atoms with Crippen LogP contribution in [0.1, 0.15) is 19.3 Å². The molecule has 3 nitrogen and oxygen atoms in total. The summed E-state index contributed by atoms with van der Waals surface area (Å²) in [4.78, 5) is 13.9. The lowest BCUT2D eigenvalue weighted by atomic mass is 10.1. The van der Waals surface area contributed by atoms with E-state index in [9.17, 15) is 4.79 Å². The Bertz CT molecular complexity index is 242. The van der Waals surface area contributed by atoms with Crippen LogP contribution in [0.2, 0.25) is 0 Å². The van der Waals surface area contributed by atoms with Crippen molar-refractivity contribution in [2.75, 3.05) is 32.8 Å². The summed E-state index contributed by atoms with van der Waals surface area (Å²) in [5.41, 5.74) is 1.05. The van der Waals surface area contributed by atoms with Crippen LogP contribution in [0.15, 0.2) is 11.6 Å². The fraction of sp³-hybridized carbons (Fsp3) is 0.727. The van der Waals surface area contributed by atoms with Gasteiger partial charge in [0.2, 0.25) is 0 Å². The normalized spacial score (nSPS) is 23.6. The number of Topliss-reactive ketones (excluding diaryl/α,β-unsaturated/α-hetero) is 1. The number of rotatable bonds is 3. The Balaban J connectivity index is 1.81. The molecule has 0 radical (unpaired) electrons. The van der Waals surface area contributed by atoms with Gasteiger partial charge in [0, 0.05) is 13.1 Å². The predicted molar refractivity (Wildman–Crippen MR) is 54.2 cm³/mol. The van der Waals surface area contributed by atoms with Gasteiger partial charge in [-0.25, -0.2) is 0 Å². The van der Waals surface area contributed by atoms with Crippen LogP contribution in [0, 0.1) is 0 Å². The molecule has 1 aliphatic carbocycles. The third-order valence-corrected chi connectivity index (χ3v) is 2.87. The maximum absolute atomic E-state index is 11.8. The second-order valence-corrected chi connectivity index (χ2v) is 3.93. The molecule has 2 rings (SSSR count). The SMILES string of the molecule is O=C(CN1CCOCC1)C1=CCCC1. The Hall–Kier alpha value is -0.670. The van der Waals surface area contributed by atoms with E-state index in [0.29, 0.717) is 12.3 Å². The van der Waals surface area contributed by atoms with Gasteiger partial charge in [0.15, 0.2) is 5.78 Å². The summed E-state index contributed by atoms with van der Waals surface area (Å²) in [5, 5.41) is 0. The van der Waals surface area contributed by atoms with E-state index < -0.39 is 0 Å². The predicted octanol–water partition coefficient (Wildman–Crippen LogP) is 0.998. The maximum atomic E-state index is 11.8. The summed E-state index contributed by atoms with van der Waals surface area (Å²) >= 11 is 0. The molecule has 0 spiro atoms. The molecule has 14 heavy (non-hydrogen) atoms. The molecule has 0 bridgehead atoms. The molecule has 0 aromatic rings. The Morgan fingerprint density at radius 3 is 2.86 bits per heavy atom. The van der Waals surface area contributed by atoms with Crippen LogP contribution in [0.25, 0.3) is 0 Å². The molecule has 2 aliphatic rings. The number of ketones is 1. The van der Waals surface area contributed by atoms with Gasteiger partial charge >= 0.3 is 0 Å². The average Bonchev–Trinajstić information content (AvgIpc) is 2.72. The summed E-state index contributed by atoms with van der Waals surface area (Å²) < 4.78 is 5.24. The van der Waals surface area contributed by atoms with Crippen molar-refractivity contribution in [2.24, 2.45) is 0 Å². The first-order valence-corrected chi connectivity index (χ1v) is 5.38. The van der Waals surface area contributed by atoms with Gasteiger partial charge in [0.05, 0.1) is 19.8 Å². The van der Waals surface area contributed by atoms with Crippen molar-refractivity contribution in [2.45, 2.75) is 19.3 Å². The van der Waals surface area contributed by atoms with E-state index >= 15 is 0 Å². The Kier molecular flexibility index (Phi) is 3.32. The molecule has 0 aromatic carbocycles. The lowest BCUT2D eigenvalue weighted by molar-refractivity contribution is -0.117. The summed E-state index contributed by atoms with van der Waals surface area (Å²) in [7, 11) is 0. The van der Waals surface area contributed by atoms with Gasteiger partial charge in [0.25, 0.3) is 0 Å². The molecule has 78 valence electrons. The molecule has 1 fully saturated rings. The van der Waals surface area contributed by atoms with E-state index in [1.807, 2.05) is 0 Å². The van der Waals surface area contributed by atoms with Gasteiger partial charge in [-0.15, -0.1) is 0 Å². The number of carbonyl (C=O) groups is 1. The fourth-order valence-electron chi connectivity index (χ4n) is 1.99. The largest absolute Gasteiger partial charge is 0.379 e. The van der Waals surface area contributed by atoms with Crippen LogP contribution < -0.4 is 0 Å². The van der Waals surface area contributed by atoms with Crippen LogP contribution in [-0.2, 0) is 9.53 Å². The van der Waals surface area contributed by atoms with Crippen molar-refractivity contribution in [1.29, 1.82) is 0 Å². The summed E-state index contributed by atoms with van der Waals surface area (Å²) in [5.74, 6) is 0.324. The van der Waals surface area contributed by atoms with Gasteiger partial charge in [-0.05, 0) is 24.8 Å². The lowest BCUT2D eigenvalue weighted by Crippen LogP contribution is -2.39. The zero-order chi connectivity index (χ0) is 9.80. The van der Waals surface area contributed by atoms with E-state index in [1.54, 1.807) is 0 Å². The van der Waals surface area contributed by atoms with E-state index in [4.69, 9.17) is 4.74 Å². The van der Waals surface area contributed by atoms with E-state index in [0.717, 1.165) is 51.1 Å². The minimum Gasteiger partial charge on any atom is -0.379 e. The Morgan fingerprint density at radius 1 is 1.43 bits per heavy atom. The first-order valence-electron chi connectivity index (χ1n) is 5.38. The smallest absolute Gasteiger partial charge is 0.172 e. The van der Waals surface area contributed by atoms with Crippen molar-refractivity contribution in [3.63, 3.8) is 0 Å². The van der Waals surface area contributed by atoms with Crippen molar-refractivity contribution in [1.82, 2.24) is 4.90 Å². The zero-order valence-electron chi connectivity index (χ0n) is 8.50. The van der Waals surface area contributed by atoms with E-state index in [1.165, 1.54) is 0 Å². The highest BCUT2D eigenvalue weighted by Crippen LogP contribution is 2.18. The molecule has 0 N–H and O–H groups in total. The molecule has 0 saturated carbocycles. The van der Waals surface area contributed by atoms with Crippen molar-refractivity contribution >= 4 is 5.78 Å². The molecule has 0 unspecified atom stereocenters. The van der Waals surface area contributed by atoms with Gasteiger partial charge in [-0.2, -0.15) is 0 Å². The maximum Gasteiger partial charge on any atom is 0.172 e. The minimum absolute atomic E-state index is 0.324. The fourth-order valence-corrected chi connectivity index (χ4v) is 1.99. The number of hydrogen-bond donors (Lipinski definition) is 0. The van der Waals surface area contributed by atoms with Gasteiger partial charge in [-0.1, -0.05) is 6.08 Å². The first kappa shape index (κ1) is 9.87. The zero-order valence-corrected chi connectivity index (χ0v) is 8.50. The number of carbonyl (C=O) groups excluding carboxylic acids is 1. The second-order valence-electron chi connectivity index (χ2n) is 3.93.